The molecule has 0 amide bonds. The van der Waals surface area contributed by atoms with Gasteiger partial charge in [0.25, 0.3) is 0 Å². The predicted octanol–water partition coefficient (Wildman–Crippen LogP) is 1.54. The summed E-state index contributed by atoms with van der Waals surface area (Å²) >= 11 is 0. The average molecular weight is 285 g/mol. The maximum atomic E-state index is 9.64. The molecule has 0 aromatic rings. The number of aliphatic hydroxyl groups excluding tert-OH is 1. The molecule has 0 bridgehead atoms. The van der Waals surface area contributed by atoms with E-state index < -0.39 is 0 Å². The highest BCUT2D eigenvalue weighted by atomic mass is 16.3. The normalized spacial score (nSPS) is 21.6. The smallest absolute Gasteiger partial charge is 0.0611 e. The lowest BCUT2D eigenvalue weighted by molar-refractivity contribution is 0.104. The number of nitrogens with zero attached hydrogens (tertiary/aromatic N) is 2. The van der Waals surface area contributed by atoms with E-state index in [2.05, 4.69) is 49.9 Å². The third kappa shape index (κ3) is 5.68. The Morgan fingerprint density at radius 3 is 2.40 bits per heavy atom. The number of piperidine rings is 1. The van der Waals surface area contributed by atoms with Gasteiger partial charge in [-0.2, -0.15) is 0 Å². The van der Waals surface area contributed by atoms with Crippen LogP contribution < -0.4 is 5.32 Å². The Morgan fingerprint density at radius 2 is 1.95 bits per heavy atom. The molecule has 20 heavy (non-hydrogen) atoms. The average Bonchev–Trinajstić information content (AvgIpc) is 2.44. The monoisotopic (exact) mass is 285 g/mol. The first-order chi connectivity index (χ1) is 9.40. The third-order valence-electron chi connectivity index (χ3n) is 4.63. The first-order valence-corrected chi connectivity index (χ1v) is 8.21. The standard InChI is InChI=1S/C16H35N3O/c1-6-19-10-7-15(8-11-19)18(5)12-9-16(4,13-20)17-14(2)3/h14-15,17,20H,6-13H2,1-5H3. The van der Waals surface area contributed by atoms with Gasteiger partial charge < -0.3 is 20.2 Å². The summed E-state index contributed by atoms with van der Waals surface area (Å²) in [5.74, 6) is 0. The molecule has 2 N–H and O–H groups in total. The van der Waals surface area contributed by atoms with Crippen molar-refractivity contribution in [2.45, 2.75) is 64.6 Å². The number of rotatable bonds is 8. The maximum Gasteiger partial charge on any atom is 0.0611 e. The van der Waals surface area contributed by atoms with Crippen LogP contribution in [0, 0.1) is 0 Å². The Hall–Kier alpha value is -0.160. The van der Waals surface area contributed by atoms with Gasteiger partial charge in [0.1, 0.15) is 0 Å². The first-order valence-electron chi connectivity index (χ1n) is 8.21. The van der Waals surface area contributed by atoms with E-state index in [1.807, 2.05) is 0 Å². The summed E-state index contributed by atoms with van der Waals surface area (Å²) in [6, 6.07) is 1.12. The van der Waals surface area contributed by atoms with Gasteiger partial charge in [-0.15, -0.1) is 0 Å². The van der Waals surface area contributed by atoms with Crippen molar-refractivity contribution >= 4 is 0 Å². The summed E-state index contributed by atoms with van der Waals surface area (Å²) in [5, 5.41) is 13.1. The van der Waals surface area contributed by atoms with Crippen molar-refractivity contribution in [2.24, 2.45) is 0 Å². The Morgan fingerprint density at radius 1 is 1.35 bits per heavy atom. The molecular weight excluding hydrogens is 250 g/mol. The molecule has 0 saturated carbocycles. The van der Waals surface area contributed by atoms with E-state index in [4.69, 9.17) is 0 Å². The van der Waals surface area contributed by atoms with Crippen LogP contribution in [0.5, 0.6) is 0 Å². The van der Waals surface area contributed by atoms with Gasteiger partial charge in [0.15, 0.2) is 0 Å². The van der Waals surface area contributed by atoms with Crippen LogP contribution in [0.15, 0.2) is 0 Å². The molecular formula is C16H35N3O. The highest BCUT2D eigenvalue weighted by molar-refractivity contribution is 4.86. The molecule has 0 spiro atoms. The van der Waals surface area contributed by atoms with Crippen molar-refractivity contribution in [1.29, 1.82) is 0 Å². The lowest BCUT2D eigenvalue weighted by Crippen LogP contribution is -2.52. The predicted molar refractivity (Wildman–Crippen MR) is 86.1 cm³/mol. The molecule has 1 aliphatic heterocycles. The SMILES string of the molecule is CCN1CCC(N(C)CCC(C)(CO)NC(C)C)CC1. The molecule has 1 unspecified atom stereocenters. The molecule has 120 valence electrons. The zero-order valence-electron chi connectivity index (χ0n) is 14.2. The molecule has 0 aromatic carbocycles. The topological polar surface area (TPSA) is 38.7 Å². The molecule has 1 saturated heterocycles. The van der Waals surface area contributed by atoms with E-state index in [9.17, 15) is 5.11 Å². The van der Waals surface area contributed by atoms with Crippen LogP contribution in [-0.2, 0) is 0 Å². The van der Waals surface area contributed by atoms with E-state index in [1.54, 1.807) is 0 Å². The van der Waals surface area contributed by atoms with Crippen LogP contribution in [0.3, 0.4) is 0 Å². The van der Waals surface area contributed by atoms with Crippen molar-refractivity contribution in [3.8, 4) is 0 Å². The van der Waals surface area contributed by atoms with Gasteiger partial charge >= 0.3 is 0 Å². The summed E-state index contributed by atoms with van der Waals surface area (Å²) in [4.78, 5) is 5.02. The number of hydrogen-bond acceptors (Lipinski definition) is 4. The van der Waals surface area contributed by atoms with Crippen molar-refractivity contribution < 1.29 is 5.11 Å². The molecule has 1 fully saturated rings. The summed E-state index contributed by atoms with van der Waals surface area (Å²) in [5.41, 5.74) is -0.160. The number of hydrogen-bond donors (Lipinski definition) is 2. The van der Waals surface area contributed by atoms with E-state index in [0.717, 1.165) is 13.0 Å². The number of aliphatic hydroxyl groups is 1. The molecule has 4 nitrogen and oxygen atoms in total. The van der Waals surface area contributed by atoms with Gasteiger partial charge in [0.05, 0.1) is 6.61 Å². The van der Waals surface area contributed by atoms with Gasteiger partial charge in [-0.3, -0.25) is 0 Å². The minimum atomic E-state index is -0.160. The van der Waals surface area contributed by atoms with Gasteiger partial charge in [-0.05, 0) is 59.4 Å². The fraction of sp³-hybridized carbons (Fsp3) is 1.00. The third-order valence-corrected chi connectivity index (χ3v) is 4.63. The second kappa shape index (κ2) is 8.32. The Balaban J connectivity index is 2.36. The van der Waals surface area contributed by atoms with Crippen LogP contribution in [0.2, 0.25) is 0 Å². The lowest BCUT2D eigenvalue weighted by atomic mass is 9.96. The Kier molecular flexibility index (Phi) is 7.45. The fourth-order valence-electron chi connectivity index (χ4n) is 3.18. The molecule has 1 rings (SSSR count). The molecule has 1 atom stereocenters. The van der Waals surface area contributed by atoms with Gasteiger partial charge in [-0.25, -0.2) is 0 Å². The van der Waals surface area contributed by atoms with Crippen LogP contribution in [0.1, 0.15) is 47.0 Å². The molecule has 1 heterocycles. The van der Waals surface area contributed by atoms with Gasteiger partial charge in [0.2, 0.25) is 0 Å². The summed E-state index contributed by atoms with van der Waals surface area (Å²) in [6.07, 6.45) is 3.54. The van der Waals surface area contributed by atoms with Crippen LogP contribution in [0.25, 0.3) is 0 Å². The molecule has 4 heteroatoms. The van der Waals surface area contributed by atoms with Crippen LogP contribution in [0.4, 0.5) is 0 Å². The van der Waals surface area contributed by atoms with Crippen LogP contribution >= 0.6 is 0 Å². The zero-order valence-corrected chi connectivity index (χ0v) is 14.2. The van der Waals surface area contributed by atoms with Crippen molar-refractivity contribution in [3.05, 3.63) is 0 Å². The molecule has 1 aliphatic rings. The quantitative estimate of drug-likeness (QED) is 0.710. The zero-order chi connectivity index (χ0) is 15.2. The van der Waals surface area contributed by atoms with Crippen molar-refractivity contribution in [3.63, 3.8) is 0 Å². The van der Waals surface area contributed by atoms with E-state index >= 15 is 0 Å². The second-order valence-corrected chi connectivity index (χ2v) is 6.91. The number of likely N-dealkylation sites (tertiary alicyclic amines) is 1. The van der Waals surface area contributed by atoms with Gasteiger partial charge in [-0.1, -0.05) is 20.8 Å². The first kappa shape index (κ1) is 17.9. The molecule has 0 radical (unpaired) electrons. The largest absolute Gasteiger partial charge is 0.394 e. The lowest BCUT2D eigenvalue weighted by Gasteiger charge is -2.38. The molecule has 0 aromatic heterocycles. The maximum absolute atomic E-state index is 9.64. The summed E-state index contributed by atoms with van der Waals surface area (Å²) in [7, 11) is 2.24. The summed E-state index contributed by atoms with van der Waals surface area (Å²) in [6.45, 7) is 13.5. The summed E-state index contributed by atoms with van der Waals surface area (Å²) < 4.78 is 0. The van der Waals surface area contributed by atoms with Gasteiger partial charge in [0, 0.05) is 17.6 Å². The Labute approximate surface area is 125 Å². The van der Waals surface area contributed by atoms with Crippen molar-refractivity contribution in [1.82, 2.24) is 15.1 Å². The van der Waals surface area contributed by atoms with E-state index in [0.29, 0.717) is 12.1 Å². The molecule has 0 aliphatic carbocycles. The number of nitrogens with one attached hydrogen (secondary N) is 1. The highest BCUT2D eigenvalue weighted by Crippen LogP contribution is 2.17. The highest BCUT2D eigenvalue weighted by Gasteiger charge is 2.26. The fourth-order valence-corrected chi connectivity index (χ4v) is 3.18. The minimum absolute atomic E-state index is 0.160. The minimum Gasteiger partial charge on any atom is -0.394 e. The van der Waals surface area contributed by atoms with Crippen LogP contribution in [-0.4, -0.2) is 72.4 Å². The van der Waals surface area contributed by atoms with E-state index in [-0.39, 0.29) is 12.1 Å². The second-order valence-electron chi connectivity index (χ2n) is 6.91. The van der Waals surface area contributed by atoms with E-state index in [1.165, 1.54) is 32.5 Å². The van der Waals surface area contributed by atoms with Crippen molar-refractivity contribution in [2.75, 3.05) is 39.8 Å². The Bertz CT molecular complexity index is 264.